The van der Waals surface area contributed by atoms with Gasteiger partial charge in [0.15, 0.2) is 0 Å². The van der Waals surface area contributed by atoms with Gasteiger partial charge < -0.3 is 9.84 Å². The molecule has 0 amide bonds. The zero-order chi connectivity index (χ0) is 19.2. The van der Waals surface area contributed by atoms with Crippen molar-refractivity contribution in [1.82, 2.24) is 9.88 Å². The highest BCUT2D eigenvalue weighted by molar-refractivity contribution is 5.69. The van der Waals surface area contributed by atoms with Crippen LogP contribution in [-0.4, -0.2) is 40.6 Å². The number of carboxylic acid groups (broad SMARTS) is 1. The molecule has 0 radical (unpaired) electrons. The number of halogens is 1. The summed E-state index contributed by atoms with van der Waals surface area (Å²) >= 11 is 0. The summed E-state index contributed by atoms with van der Waals surface area (Å²) in [5, 5.41) is 17.7. The fourth-order valence-electron chi connectivity index (χ4n) is 3.20. The summed E-state index contributed by atoms with van der Waals surface area (Å²) in [5.41, 5.74) is 1.54. The van der Waals surface area contributed by atoms with Crippen molar-refractivity contribution in [3.05, 3.63) is 59.0 Å². The second kappa shape index (κ2) is 8.60. The van der Waals surface area contributed by atoms with Gasteiger partial charge >= 0.3 is 5.97 Å². The number of pyridine rings is 1. The third-order valence-electron chi connectivity index (χ3n) is 4.67. The molecule has 1 fully saturated rings. The topological polar surface area (TPSA) is 86.5 Å². The van der Waals surface area contributed by atoms with Gasteiger partial charge in [0.1, 0.15) is 12.4 Å². The van der Waals surface area contributed by atoms with E-state index in [1.54, 1.807) is 12.1 Å². The van der Waals surface area contributed by atoms with Gasteiger partial charge in [-0.1, -0.05) is 12.1 Å². The van der Waals surface area contributed by atoms with Crippen LogP contribution >= 0.6 is 0 Å². The highest BCUT2D eigenvalue weighted by Crippen LogP contribution is 2.28. The molecule has 0 atom stereocenters. The first kappa shape index (κ1) is 18.8. The van der Waals surface area contributed by atoms with Gasteiger partial charge in [0.2, 0.25) is 5.88 Å². The first-order chi connectivity index (χ1) is 13.0. The fraction of sp³-hybridized carbons (Fsp3) is 0.350. The van der Waals surface area contributed by atoms with Gasteiger partial charge in [-0.15, -0.1) is 0 Å². The van der Waals surface area contributed by atoms with E-state index < -0.39 is 11.8 Å². The van der Waals surface area contributed by atoms with Crippen molar-refractivity contribution in [1.29, 1.82) is 5.26 Å². The zero-order valence-electron chi connectivity index (χ0n) is 14.8. The van der Waals surface area contributed by atoms with E-state index in [1.165, 1.54) is 12.1 Å². The number of benzene rings is 1. The van der Waals surface area contributed by atoms with Crippen molar-refractivity contribution in [3.63, 3.8) is 0 Å². The van der Waals surface area contributed by atoms with Gasteiger partial charge in [-0.25, -0.2) is 9.37 Å². The van der Waals surface area contributed by atoms with Crippen LogP contribution in [0.4, 0.5) is 4.39 Å². The van der Waals surface area contributed by atoms with Crippen LogP contribution in [0.2, 0.25) is 0 Å². The summed E-state index contributed by atoms with van der Waals surface area (Å²) in [7, 11) is 0. The van der Waals surface area contributed by atoms with E-state index in [-0.39, 0.29) is 24.6 Å². The maximum Gasteiger partial charge on any atom is 0.317 e. The molecule has 3 rings (SSSR count). The van der Waals surface area contributed by atoms with Crippen LogP contribution in [0.1, 0.15) is 35.6 Å². The number of carboxylic acids is 1. The molecule has 6 nitrogen and oxygen atoms in total. The first-order valence-electron chi connectivity index (χ1n) is 8.77. The lowest BCUT2D eigenvalue weighted by atomic mass is 9.93. The quantitative estimate of drug-likeness (QED) is 0.842. The fourth-order valence-corrected chi connectivity index (χ4v) is 3.20. The van der Waals surface area contributed by atoms with Crippen LogP contribution in [-0.2, 0) is 11.4 Å². The maximum atomic E-state index is 13.9. The number of piperidine rings is 1. The Morgan fingerprint density at radius 3 is 2.78 bits per heavy atom. The molecular formula is C20H20FN3O3. The van der Waals surface area contributed by atoms with Gasteiger partial charge in [-0.2, -0.15) is 5.26 Å². The second-order valence-corrected chi connectivity index (χ2v) is 6.55. The Balaban J connectivity index is 1.60. The molecule has 1 N–H and O–H groups in total. The van der Waals surface area contributed by atoms with E-state index >= 15 is 0 Å². The van der Waals surface area contributed by atoms with Crippen LogP contribution in [0.3, 0.4) is 0 Å². The van der Waals surface area contributed by atoms with Gasteiger partial charge in [-0.05, 0) is 44.1 Å². The van der Waals surface area contributed by atoms with Gasteiger partial charge in [0.25, 0.3) is 0 Å². The van der Waals surface area contributed by atoms with Gasteiger partial charge in [-0.3, -0.25) is 9.69 Å². The Hall–Kier alpha value is -2.98. The standard InChI is InChI=1S/C20H20FN3O3/c21-17-10-14(11-22)4-5-16(17)13-27-19-3-1-2-18(23-19)15-6-8-24(9-7-15)12-20(25)26/h1-5,10,15H,6-9,12-13H2,(H,25,26). The number of nitriles is 1. The largest absolute Gasteiger partial charge is 0.480 e. The Labute approximate surface area is 156 Å². The van der Waals surface area contributed by atoms with Crippen LogP contribution in [0.5, 0.6) is 5.88 Å². The Morgan fingerprint density at radius 1 is 1.33 bits per heavy atom. The summed E-state index contributed by atoms with van der Waals surface area (Å²) < 4.78 is 19.6. The van der Waals surface area contributed by atoms with Gasteiger partial charge in [0.05, 0.1) is 18.2 Å². The summed E-state index contributed by atoms with van der Waals surface area (Å²) in [6.07, 6.45) is 1.68. The van der Waals surface area contributed by atoms with Crippen molar-refractivity contribution >= 4 is 5.97 Å². The average Bonchev–Trinajstić information content (AvgIpc) is 2.67. The molecule has 0 saturated carbocycles. The van der Waals surface area contributed by atoms with E-state index in [0.29, 0.717) is 11.4 Å². The molecule has 2 heterocycles. The molecular weight excluding hydrogens is 349 g/mol. The minimum Gasteiger partial charge on any atom is -0.480 e. The first-order valence-corrected chi connectivity index (χ1v) is 8.77. The van der Waals surface area contributed by atoms with E-state index in [4.69, 9.17) is 15.1 Å². The molecule has 1 aromatic carbocycles. The number of rotatable bonds is 6. The lowest BCUT2D eigenvalue weighted by molar-refractivity contribution is -0.138. The highest BCUT2D eigenvalue weighted by Gasteiger charge is 2.23. The smallest absolute Gasteiger partial charge is 0.317 e. The Kier molecular flexibility index (Phi) is 5.99. The molecule has 1 aliphatic heterocycles. The number of nitrogens with zero attached hydrogens (tertiary/aromatic N) is 3. The van der Waals surface area contributed by atoms with Crippen molar-refractivity contribution in [2.24, 2.45) is 0 Å². The second-order valence-electron chi connectivity index (χ2n) is 6.55. The van der Waals surface area contributed by atoms with Crippen molar-refractivity contribution in [3.8, 4) is 11.9 Å². The van der Waals surface area contributed by atoms with Crippen molar-refractivity contribution in [2.45, 2.75) is 25.4 Å². The summed E-state index contributed by atoms with van der Waals surface area (Å²) in [6, 6.07) is 11.7. The lowest BCUT2D eigenvalue weighted by Crippen LogP contribution is -2.36. The molecule has 27 heavy (non-hydrogen) atoms. The highest BCUT2D eigenvalue weighted by atomic mass is 19.1. The minimum atomic E-state index is -0.808. The number of hydrogen-bond donors (Lipinski definition) is 1. The molecule has 7 heteroatoms. The van der Waals surface area contributed by atoms with Crippen LogP contribution in [0.15, 0.2) is 36.4 Å². The molecule has 0 spiro atoms. The summed E-state index contributed by atoms with van der Waals surface area (Å²) in [5.74, 6) is -0.609. The van der Waals surface area contributed by atoms with E-state index in [1.807, 2.05) is 23.1 Å². The molecule has 2 aromatic rings. The molecule has 1 aliphatic rings. The number of aromatic nitrogens is 1. The Morgan fingerprint density at radius 2 is 2.11 bits per heavy atom. The zero-order valence-corrected chi connectivity index (χ0v) is 14.8. The monoisotopic (exact) mass is 369 g/mol. The van der Waals surface area contributed by atoms with Gasteiger partial charge in [0, 0.05) is 23.2 Å². The van der Waals surface area contributed by atoms with Crippen molar-refractivity contribution in [2.75, 3.05) is 19.6 Å². The number of aliphatic carboxylic acids is 1. The summed E-state index contributed by atoms with van der Waals surface area (Å²) in [4.78, 5) is 17.3. The minimum absolute atomic E-state index is 0.0328. The number of hydrogen-bond acceptors (Lipinski definition) is 5. The van der Waals surface area contributed by atoms with Crippen LogP contribution in [0, 0.1) is 17.1 Å². The molecule has 140 valence electrons. The number of likely N-dealkylation sites (tertiary alicyclic amines) is 1. The van der Waals surface area contributed by atoms with Crippen molar-refractivity contribution < 1.29 is 19.0 Å². The third-order valence-corrected chi connectivity index (χ3v) is 4.67. The lowest BCUT2D eigenvalue weighted by Gasteiger charge is -2.30. The third kappa shape index (κ3) is 5.02. The predicted octanol–water partition coefficient (Wildman–Crippen LogP) is 2.94. The number of ether oxygens (including phenoxy) is 1. The summed E-state index contributed by atoms with van der Waals surface area (Å²) in [6.45, 7) is 1.55. The molecule has 1 saturated heterocycles. The maximum absolute atomic E-state index is 13.9. The van der Waals surface area contributed by atoms with E-state index in [0.717, 1.165) is 31.6 Å². The Bertz CT molecular complexity index is 858. The molecule has 0 aliphatic carbocycles. The average molecular weight is 369 g/mol. The van der Waals surface area contributed by atoms with E-state index in [2.05, 4.69) is 4.98 Å². The number of carbonyl (C=O) groups is 1. The van der Waals surface area contributed by atoms with Crippen LogP contribution < -0.4 is 4.74 Å². The van der Waals surface area contributed by atoms with E-state index in [9.17, 15) is 9.18 Å². The molecule has 1 aromatic heterocycles. The SMILES string of the molecule is N#Cc1ccc(COc2cccc(C3CCN(CC(=O)O)CC3)n2)c(F)c1. The predicted molar refractivity (Wildman–Crippen MR) is 95.7 cm³/mol. The molecule has 0 bridgehead atoms. The van der Waals surface area contributed by atoms with Crippen LogP contribution in [0.25, 0.3) is 0 Å². The normalized spacial score (nSPS) is 15.3. The molecule has 0 unspecified atom stereocenters.